The molecule has 3 aromatic heterocycles. The highest BCUT2D eigenvalue weighted by Gasteiger charge is 2.11. The van der Waals surface area contributed by atoms with E-state index in [4.69, 9.17) is 10.5 Å². The Morgan fingerprint density at radius 3 is 2.95 bits per heavy atom. The fraction of sp³-hybridized carbons (Fsp3) is 0.250. The van der Waals surface area contributed by atoms with Crippen LogP contribution in [0.3, 0.4) is 0 Å². The molecule has 0 fully saturated rings. The van der Waals surface area contributed by atoms with Gasteiger partial charge in [-0.3, -0.25) is 4.68 Å². The van der Waals surface area contributed by atoms with Crippen molar-refractivity contribution in [3.05, 3.63) is 23.8 Å². The number of nitrogens with two attached hydrogens (primary N) is 1. The van der Waals surface area contributed by atoms with Crippen LogP contribution in [0.1, 0.15) is 19.9 Å². The number of hydrogen-bond acceptors (Lipinski definition) is 6. The first-order valence-electron chi connectivity index (χ1n) is 5.86. The molecule has 0 unspecified atom stereocenters. The van der Waals surface area contributed by atoms with Crippen molar-refractivity contribution in [3.8, 4) is 11.6 Å². The Balaban J connectivity index is 1.97. The minimum absolute atomic E-state index is 0.209. The van der Waals surface area contributed by atoms with Crippen LogP contribution < -0.4 is 10.5 Å². The third kappa shape index (κ3) is 2.24. The van der Waals surface area contributed by atoms with Gasteiger partial charge < -0.3 is 10.5 Å². The number of nitrogen functional groups attached to an aromatic ring is 1. The number of aromatic nitrogens is 4. The molecule has 7 heteroatoms. The topological polar surface area (TPSA) is 78.9 Å². The summed E-state index contributed by atoms with van der Waals surface area (Å²) in [5, 5.41) is 7.01. The van der Waals surface area contributed by atoms with Crippen LogP contribution >= 0.6 is 11.3 Å². The summed E-state index contributed by atoms with van der Waals surface area (Å²) >= 11 is 1.50. The monoisotopic (exact) mass is 275 g/mol. The molecule has 98 valence electrons. The molecule has 0 amide bonds. The first kappa shape index (κ1) is 11.9. The molecule has 0 aliphatic rings. The predicted octanol–water partition coefficient (Wildman–Crippen LogP) is 2.84. The van der Waals surface area contributed by atoms with Gasteiger partial charge in [-0.1, -0.05) is 0 Å². The number of ether oxygens (including phenoxy) is 1. The average molecular weight is 275 g/mol. The molecule has 3 rings (SSSR count). The molecule has 0 aliphatic carbocycles. The minimum atomic E-state index is 0.209. The summed E-state index contributed by atoms with van der Waals surface area (Å²) in [5.74, 6) is 1.31. The second-order valence-corrected chi connectivity index (χ2v) is 5.27. The van der Waals surface area contributed by atoms with E-state index in [1.165, 1.54) is 11.3 Å². The van der Waals surface area contributed by atoms with E-state index < -0.39 is 0 Å². The smallest absolute Gasteiger partial charge is 0.233 e. The fourth-order valence-corrected chi connectivity index (χ4v) is 2.45. The van der Waals surface area contributed by atoms with Crippen LogP contribution in [0.4, 0.5) is 5.95 Å². The molecular weight excluding hydrogens is 262 g/mol. The van der Waals surface area contributed by atoms with Crippen molar-refractivity contribution in [3.63, 3.8) is 0 Å². The van der Waals surface area contributed by atoms with Crippen LogP contribution in [0.25, 0.3) is 10.2 Å². The van der Waals surface area contributed by atoms with E-state index in [0.717, 1.165) is 10.2 Å². The molecule has 0 radical (unpaired) electrons. The molecule has 0 saturated heterocycles. The summed E-state index contributed by atoms with van der Waals surface area (Å²) in [6, 6.07) is 2.20. The Hall–Kier alpha value is -2.15. The van der Waals surface area contributed by atoms with Gasteiger partial charge in [-0.15, -0.1) is 11.3 Å². The van der Waals surface area contributed by atoms with Gasteiger partial charge in [0.15, 0.2) is 5.75 Å². The van der Waals surface area contributed by atoms with Crippen LogP contribution in [0.2, 0.25) is 0 Å². The Morgan fingerprint density at radius 1 is 1.37 bits per heavy atom. The second kappa shape index (κ2) is 4.51. The van der Waals surface area contributed by atoms with E-state index in [-0.39, 0.29) is 12.0 Å². The van der Waals surface area contributed by atoms with Crippen molar-refractivity contribution in [2.45, 2.75) is 19.9 Å². The summed E-state index contributed by atoms with van der Waals surface area (Å²) < 4.78 is 7.58. The normalized spacial score (nSPS) is 11.3. The number of hydrogen-bond donors (Lipinski definition) is 1. The molecule has 0 atom stereocenters. The predicted molar refractivity (Wildman–Crippen MR) is 74.5 cm³/mol. The van der Waals surface area contributed by atoms with Crippen LogP contribution in [0.5, 0.6) is 11.6 Å². The van der Waals surface area contributed by atoms with Crippen molar-refractivity contribution in [1.82, 2.24) is 19.7 Å². The molecule has 3 aromatic rings. The van der Waals surface area contributed by atoms with Gasteiger partial charge in [0.25, 0.3) is 0 Å². The Morgan fingerprint density at radius 2 is 2.21 bits per heavy atom. The van der Waals surface area contributed by atoms with Crippen LogP contribution in [-0.2, 0) is 0 Å². The zero-order valence-corrected chi connectivity index (χ0v) is 11.4. The van der Waals surface area contributed by atoms with Gasteiger partial charge in [0.1, 0.15) is 4.83 Å². The summed E-state index contributed by atoms with van der Waals surface area (Å²) in [5.41, 5.74) is 5.67. The maximum atomic E-state index is 5.75. The van der Waals surface area contributed by atoms with Crippen LogP contribution in [0, 0.1) is 0 Å². The summed E-state index contributed by atoms with van der Waals surface area (Å²) in [6.45, 7) is 4.10. The first-order chi connectivity index (χ1) is 9.13. The molecule has 2 N–H and O–H groups in total. The maximum Gasteiger partial charge on any atom is 0.233 e. The van der Waals surface area contributed by atoms with Gasteiger partial charge in [-0.05, 0) is 25.3 Å². The van der Waals surface area contributed by atoms with E-state index in [1.54, 1.807) is 6.20 Å². The highest BCUT2D eigenvalue weighted by atomic mass is 32.1. The molecular formula is C12H13N5OS. The molecule has 0 spiro atoms. The summed E-state index contributed by atoms with van der Waals surface area (Å²) in [7, 11) is 0. The van der Waals surface area contributed by atoms with Crippen molar-refractivity contribution in [2.75, 3.05) is 5.73 Å². The summed E-state index contributed by atoms with van der Waals surface area (Å²) in [4.78, 5) is 9.11. The Labute approximate surface area is 113 Å². The first-order valence-corrected chi connectivity index (χ1v) is 6.74. The fourth-order valence-electron chi connectivity index (χ4n) is 1.69. The van der Waals surface area contributed by atoms with Crippen LogP contribution in [-0.4, -0.2) is 19.7 Å². The van der Waals surface area contributed by atoms with Crippen molar-refractivity contribution < 1.29 is 4.74 Å². The second-order valence-electron chi connectivity index (χ2n) is 4.38. The molecule has 19 heavy (non-hydrogen) atoms. The van der Waals surface area contributed by atoms with Crippen molar-refractivity contribution >= 4 is 27.5 Å². The Bertz CT molecular complexity index is 718. The number of rotatable bonds is 3. The third-order valence-electron chi connectivity index (χ3n) is 2.63. The van der Waals surface area contributed by atoms with Gasteiger partial charge in [0.2, 0.25) is 11.8 Å². The molecule has 0 aliphatic heterocycles. The molecule has 0 saturated carbocycles. The van der Waals surface area contributed by atoms with Gasteiger partial charge in [0, 0.05) is 6.04 Å². The van der Waals surface area contributed by atoms with Gasteiger partial charge in [-0.25, -0.2) is 4.98 Å². The van der Waals surface area contributed by atoms with E-state index in [9.17, 15) is 0 Å². The van der Waals surface area contributed by atoms with Gasteiger partial charge in [0.05, 0.1) is 17.8 Å². The lowest BCUT2D eigenvalue weighted by molar-refractivity contribution is 0.465. The standard InChI is InChI=1S/C12H13N5OS/c1-7(2)17-6-8(5-14-17)18-10-9-3-4-19-11(9)16-12(13)15-10/h3-7H,1-2H3,(H2,13,15,16). The maximum absolute atomic E-state index is 5.75. The SMILES string of the molecule is CC(C)n1cc(Oc2nc(N)nc3sccc23)cn1. The van der Waals surface area contributed by atoms with E-state index >= 15 is 0 Å². The van der Waals surface area contributed by atoms with E-state index in [1.807, 2.05) is 22.3 Å². The highest BCUT2D eigenvalue weighted by molar-refractivity contribution is 7.16. The lowest BCUT2D eigenvalue weighted by Gasteiger charge is -2.05. The molecule has 0 aromatic carbocycles. The number of anilines is 1. The molecule has 0 bridgehead atoms. The number of thiophene rings is 1. The van der Waals surface area contributed by atoms with E-state index in [0.29, 0.717) is 11.6 Å². The largest absolute Gasteiger partial charge is 0.435 e. The lowest BCUT2D eigenvalue weighted by Crippen LogP contribution is -2.00. The van der Waals surface area contributed by atoms with Crippen molar-refractivity contribution in [2.24, 2.45) is 0 Å². The minimum Gasteiger partial charge on any atom is -0.435 e. The lowest BCUT2D eigenvalue weighted by atomic mass is 10.4. The van der Waals surface area contributed by atoms with Gasteiger partial charge >= 0.3 is 0 Å². The molecule has 6 nitrogen and oxygen atoms in total. The quantitative estimate of drug-likeness (QED) is 0.795. The summed E-state index contributed by atoms with van der Waals surface area (Å²) in [6.07, 6.45) is 3.50. The molecule has 3 heterocycles. The highest BCUT2D eigenvalue weighted by Crippen LogP contribution is 2.30. The van der Waals surface area contributed by atoms with Crippen molar-refractivity contribution in [1.29, 1.82) is 0 Å². The Kier molecular flexibility index (Phi) is 2.83. The average Bonchev–Trinajstić information content (AvgIpc) is 2.96. The van der Waals surface area contributed by atoms with E-state index in [2.05, 4.69) is 28.9 Å². The van der Waals surface area contributed by atoms with Gasteiger partial charge in [-0.2, -0.15) is 10.1 Å². The van der Waals surface area contributed by atoms with Crippen LogP contribution in [0.15, 0.2) is 23.8 Å². The zero-order valence-electron chi connectivity index (χ0n) is 10.6. The third-order valence-corrected chi connectivity index (χ3v) is 3.44. The number of nitrogens with zero attached hydrogens (tertiary/aromatic N) is 4. The number of fused-ring (bicyclic) bond motifs is 1. The zero-order chi connectivity index (χ0) is 13.4.